The minimum atomic E-state index is -0.378. The van der Waals surface area contributed by atoms with E-state index in [2.05, 4.69) is 15.3 Å². The van der Waals surface area contributed by atoms with Crippen LogP contribution < -0.4 is 5.32 Å². The monoisotopic (exact) mass is 219 g/mol. The second kappa shape index (κ2) is 4.57. The summed E-state index contributed by atoms with van der Waals surface area (Å²) >= 11 is 0. The van der Waals surface area contributed by atoms with Crippen molar-refractivity contribution in [3.05, 3.63) is 48.0 Å². The third-order valence-electron chi connectivity index (χ3n) is 2.06. The molecule has 0 radical (unpaired) electrons. The van der Waals surface area contributed by atoms with Gasteiger partial charge < -0.3 is 4.98 Å². The van der Waals surface area contributed by atoms with Crippen molar-refractivity contribution in [3.63, 3.8) is 0 Å². The number of hydrogen-bond donors (Lipinski definition) is 2. The van der Waals surface area contributed by atoms with Crippen molar-refractivity contribution in [2.45, 2.75) is 6.42 Å². The van der Waals surface area contributed by atoms with Gasteiger partial charge in [0.15, 0.2) is 0 Å². The van der Waals surface area contributed by atoms with Crippen LogP contribution in [0, 0.1) is 5.82 Å². The van der Waals surface area contributed by atoms with Crippen LogP contribution in [0.4, 0.5) is 10.3 Å². The van der Waals surface area contributed by atoms with E-state index in [9.17, 15) is 9.18 Å². The summed E-state index contributed by atoms with van der Waals surface area (Å²) in [7, 11) is 0. The Hall–Kier alpha value is -2.17. The van der Waals surface area contributed by atoms with E-state index in [0.717, 1.165) is 0 Å². The zero-order chi connectivity index (χ0) is 11.4. The van der Waals surface area contributed by atoms with Crippen LogP contribution in [0.15, 0.2) is 36.7 Å². The molecule has 0 atom stereocenters. The second-order valence-corrected chi connectivity index (χ2v) is 3.25. The zero-order valence-electron chi connectivity index (χ0n) is 8.40. The molecule has 82 valence electrons. The summed E-state index contributed by atoms with van der Waals surface area (Å²) in [5.74, 6) is -0.321. The van der Waals surface area contributed by atoms with Gasteiger partial charge in [0, 0.05) is 12.4 Å². The molecule has 0 bridgehead atoms. The molecule has 2 aromatic rings. The Morgan fingerprint density at radius 2 is 2.25 bits per heavy atom. The number of amides is 1. The summed E-state index contributed by atoms with van der Waals surface area (Å²) in [6.45, 7) is 0. The topological polar surface area (TPSA) is 57.8 Å². The average molecular weight is 219 g/mol. The number of halogens is 1. The number of hydrogen-bond acceptors (Lipinski definition) is 2. The molecule has 1 aromatic carbocycles. The van der Waals surface area contributed by atoms with Crippen LogP contribution in [0.25, 0.3) is 0 Å². The van der Waals surface area contributed by atoms with Crippen LogP contribution >= 0.6 is 0 Å². The number of benzene rings is 1. The van der Waals surface area contributed by atoms with Crippen molar-refractivity contribution in [1.82, 2.24) is 9.97 Å². The lowest BCUT2D eigenvalue weighted by Crippen LogP contribution is -2.16. The van der Waals surface area contributed by atoms with Gasteiger partial charge in [-0.1, -0.05) is 18.2 Å². The number of aromatic amines is 1. The van der Waals surface area contributed by atoms with E-state index in [1.165, 1.54) is 12.3 Å². The first kappa shape index (κ1) is 10.4. The Morgan fingerprint density at radius 3 is 2.94 bits per heavy atom. The largest absolute Gasteiger partial charge is 0.331 e. The first-order valence-corrected chi connectivity index (χ1v) is 4.78. The summed E-state index contributed by atoms with van der Waals surface area (Å²) < 4.78 is 13.2. The fraction of sp³-hybridized carbons (Fsp3) is 0.0909. The highest BCUT2D eigenvalue weighted by molar-refractivity contribution is 5.90. The number of anilines is 1. The first-order chi connectivity index (χ1) is 7.75. The molecule has 0 aliphatic rings. The Labute approximate surface area is 91.5 Å². The summed E-state index contributed by atoms with van der Waals surface area (Å²) in [5.41, 5.74) is 0.367. The van der Waals surface area contributed by atoms with E-state index in [0.29, 0.717) is 11.5 Å². The minimum Gasteiger partial charge on any atom is -0.331 e. The van der Waals surface area contributed by atoms with Gasteiger partial charge in [-0.05, 0) is 11.6 Å². The van der Waals surface area contributed by atoms with Gasteiger partial charge in [0.1, 0.15) is 5.82 Å². The van der Waals surface area contributed by atoms with Gasteiger partial charge >= 0.3 is 0 Å². The number of carbonyl (C=O) groups excluding carboxylic acids is 1. The summed E-state index contributed by atoms with van der Waals surface area (Å²) in [5, 5.41) is 2.53. The molecule has 1 heterocycles. The third-order valence-corrected chi connectivity index (χ3v) is 2.06. The van der Waals surface area contributed by atoms with Gasteiger partial charge in [0.25, 0.3) is 0 Å². The Balaban J connectivity index is 2.00. The molecule has 0 saturated carbocycles. The lowest BCUT2D eigenvalue weighted by Gasteiger charge is -2.02. The van der Waals surface area contributed by atoms with Crippen molar-refractivity contribution in [1.29, 1.82) is 0 Å². The van der Waals surface area contributed by atoms with Gasteiger partial charge in [-0.25, -0.2) is 9.37 Å². The highest BCUT2D eigenvalue weighted by Crippen LogP contribution is 2.07. The molecule has 4 nitrogen and oxygen atoms in total. The molecule has 0 aliphatic carbocycles. The summed E-state index contributed by atoms with van der Waals surface area (Å²) in [6, 6.07) is 6.19. The standard InChI is InChI=1S/C11H10FN3O/c12-9-4-2-1-3-8(9)7-10(16)15-11-13-5-6-14-11/h1-6H,7H2,(H2,13,14,15,16). The van der Waals surface area contributed by atoms with Crippen molar-refractivity contribution < 1.29 is 9.18 Å². The number of rotatable bonds is 3. The van der Waals surface area contributed by atoms with Crippen LogP contribution in [0.2, 0.25) is 0 Å². The molecule has 0 fully saturated rings. The number of aromatic nitrogens is 2. The number of H-pyrrole nitrogens is 1. The van der Waals surface area contributed by atoms with Gasteiger partial charge in [-0.15, -0.1) is 0 Å². The molecule has 0 spiro atoms. The normalized spacial score (nSPS) is 10.1. The Morgan fingerprint density at radius 1 is 1.44 bits per heavy atom. The third kappa shape index (κ3) is 2.44. The van der Waals surface area contributed by atoms with Gasteiger partial charge in [0.05, 0.1) is 6.42 Å². The van der Waals surface area contributed by atoms with Crippen molar-refractivity contribution in [2.24, 2.45) is 0 Å². The van der Waals surface area contributed by atoms with Crippen molar-refractivity contribution in [2.75, 3.05) is 5.32 Å². The van der Waals surface area contributed by atoms with E-state index in [-0.39, 0.29) is 18.1 Å². The highest BCUT2D eigenvalue weighted by atomic mass is 19.1. The maximum atomic E-state index is 13.2. The molecule has 2 N–H and O–H groups in total. The summed E-state index contributed by atoms with van der Waals surface area (Å²) in [4.78, 5) is 18.1. The second-order valence-electron chi connectivity index (χ2n) is 3.25. The molecule has 1 aromatic heterocycles. The maximum Gasteiger partial charge on any atom is 0.231 e. The van der Waals surface area contributed by atoms with Gasteiger partial charge in [-0.2, -0.15) is 0 Å². The molecule has 16 heavy (non-hydrogen) atoms. The lowest BCUT2D eigenvalue weighted by molar-refractivity contribution is -0.115. The molecule has 0 aliphatic heterocycles. The highest BCUT2D eigenvalue weighted by Gasteiger charge is 2.08. The maximum absolute atomic E-state index is 13.2. The van der Waals surface area contributed by atoms with Gasteiger partial charge in [-0.3, -0.25) is 10.1 Å². The number of nitrogens with one attached hydrogen (secondary N) is 2. The molecule has 0 saturated heterocycles. The predicted octanol–water partition coefficient (Wildman–Crippen LogP) is 1.73. The van der Waals surface area contributed by atoms with Crippen molar-refractivity contribution >= 4 is 11.9 Å². The molecular formula is C11H10FN3O. The fourth-order valence-corrected chi connectivity index (χ4v) is 1.32. The van der Waals surface area contributed by atoms with E-state index in [1.54, 1.807) is 24.4 Å². The number of carbonyl (C=O) groups is 1. The number of nitrogens with zero attached hydrogens (tertiary/aromatic N) is 1. The van der Waals surface area contributed by atoms with Crippen LogP contribution in [-0.2, 0) is 11.2 Å². The fourth-order valence-electron chi connectivity index (χ4n) is 1.32. The SMILES string of the molecule is O=C(Cc1ccccc1F)Nc1ncc[nH]1. The predicted molar refractivity (Wildman–Crippen MR) is 57.3 cm³/mol. The van der Waals surface area contributed by atoms with Crippen LogP contribution in [0.5, 0.6) is 0 Å². The lowest BCUT2D eigenvalue weighted by atomic mass is 10.1. The van der Waals surface area contributed by atoms with E-state index in [1.807, 2.05) is 0 Å². The minimum absolute atomic E-state index is 0.00657. The van der Waals surface area contributed by atoms with Crippen LogP contribution in [0.1, 0.15) is 5.56 Å². The molecule has 2 rings (SSSR count). The smallest absolute Gasteiger partial charge is 0.231 e. The van der Waals surface area contributed by atoms with Crippen LogP contribution in [-0.4, -0.2) is 15.9 Å². The Bertz CT molecular complexity index is 482. The molecule has 0 unspecified atom stereocenters. The zero-order valence-corrected chi connectivity index (χ0v) is 8.40. The first-order valence-electron chi connectivity index (χ1n) is 4.78. The molecule has 5 heteroatoms. The number of imidazole rings is 1. The summed E-state index contributed by atoms with van der Waals surface area (Å²) in [6.07, 6.45) is 3.12. The van der Waals surface area contributed by atoms with Crippen molar-refractivity contribution in [3.8, 4) is 0 Å². The Kier molecular flexibility index (Phi) is 2.95. The average Bonchev–Trinajstić information content (AvgIpc) is 2.74. The molecular weight excluding hydrogens is 209 g/mol. The van der Waals surface area contributed by atoms with E-state index < -0.39 is 0 Å². The van der Waals surface area contributed by atoms with Crippen LogP contribution in [0.3, 0.4) is 0 Å². The van der Waals surface area contributed by atoms with Gasteiger partial charge in [0.2, 0.25) is 11.9 Å². The van der Waals surface area contributed by atoms with E-state index in [4.69, 9.17) is 0 Å². The quantitative estimate of drug-likeness (QED) is 0.825. The molecule has 1 amide bonds. The van der Waals surface area contributed by atoms with E-state index >= 15 is 0 Å².